The van der Waals surface area contributed by atoms with Crippen molar-refractivity contribution in [2.75, 3.05) is 13.1 Å². The maximum absolute atomic E-state index is 11.3. The molecule has 0 aromatic heterocycles. The van der Waals surface area contributed by atoms with E-state index in [1.165, 1.54) is 0 Å². The monoisotopic (exact) mass is 203 g/mol. The molecule has 14 heavy (non-hydrogen) atoms. The number of nitrogens with zero attached hydrogens (tertiary/aromatic N) is 1. The summed E-state index contributed by atoms with van der Waals surface area (Å²) in [5, 5.41) is 0. The Bertz CT molecular complexity index is 146. The molecule has 86 valence electrons. The number of amides is 1. The first-order chi connectivity index (χ1) is 6.40. The van der Waals surface area contributed by atoms with E-state index in [1.807, 2.05) is 48.5 Å². The number of carbonyl (C=O) groups excluding carboxylic acids is 1. The zero-order valence-electron chi connectivity index (χ0n) is 10.7. The molecular weight excluding hydrogens is 178 g/mol. The molecule has 0 spiro atoms. The van der Waals surface area contributed by atoms with Crippen molar-refractivity contribution in [3.8, 4) is 0 Å². The van der Waals surface area contributed by atoms with Crippen molar-refractivity contribution in [3.05, 3.63) is 0 Å². The fourth-order valence-corrected chi connectivity index (χ4v) is 0.808. The molecule has 3 heteroatoms. The minimum Gasteiger partial charge on any atom is -0.444 e. The van der Waals surface area contributed by atoms with Gasteiger partial charge < -0.3 is 9.64 Å². The van der Waals surface area contributed by atoms with Crippen LogP contribution in [0.15, 0.2) is 0 Å². The number of rotatable bonds is 2. The van der Waals surface area contributed by atoms with E-state index in [9.17, 15) is 4.79 Å². The summed E-state index contributed by atoms with van der Waals surface area (Å²) in [7, 11) is 0. The van der Waals surface area contributed by atoms with Gasteiger partial charge in [0.05, 0.1) is 0 Å². The Labute approximate surface area is 88.4 Å². The molecule has 0 aliphatic heterocycles. The summed E-state index contributed by atoms with van der Waals surface area (Å²) >= 11 is 0. The minimum atomic E-state index is -0.389. The second kappa shape index (κ2) is 7.65. The smallest absolute Gasteiger partial charge is 0.410 e. The third-order valence-corrected chi connectivity index (χ3v) is 1.42. The first-order valence-corrected chi connectivity index (χ1v) is 5.38. The molecule has 0 N–H and O–H groups in total. The van der Waals surface area contributed by atoms with Gasteiger partial charge in [0, 0.05) is 13.1 Å². The van der Waals surface area contributed by atoms with Gasteiger partial charge >= 0.3 is 6.09 Å². The van der Waals surface area contributed by atoms with Crippen LogP contribution in [0.3, 0.4) is 0 Å². The molecule has 0 bridgehead atoms. The Hall–Kier alpha value is -0.730. The normalized spacial score (nSPS) is 9.93. The lowest BCUT2D eigenvalue weighted by Gasteiger charge is -2.25. The maximum Gasteiger partial charge on any atom is 0.410 e. The first kappa shape index (κ1) is 15.7. The van der Waals surface area contributed by atoms with Gasteiger partial charge in [0.25, 0.3) is 0 Å². The van der Waals surface area contributed by atoms with Crippen LogP contribution in [-0.2, 0) is 4.74 Å². The lowest BCUT2D eigenvalue weighted by molar-refractivity contribution is 0.0270. The first-order valence-electron chi connectivity index (χ1n) is 5.38. The third kappa shape index (κ3) is 7.90. The summed E-state index contributed by atoms with van der Waals surface area (Å²) < 4.78 is 5.17. The van der Waals surface area contributed by atoms with Crippen molar-refractivity contribution in [2.24, 2.45) is 0 Å². The predicted molar refractivity (Wildman–Crippen MR) is 60.5 cm³/mol. The summed E-state index contributed by atoms with van der Waals surface area (Å²) in [5.41, 5.74) is -0.389. The maximum atomic E-state index is 11.3. The summed E-state index contributed by atoms with van der Waals surface area (Å²) in [6, 6.07) is 0. The molecule has 0 aromatic carbocycles. The Morgan fingerprint density at radius 1 is 1.14 bits per heavy atom. The molecule has 0 saturated heterocycles. The van der Waals surface area contributed by atoms with Crippen molar-refractivity contribution in [1.29, 1.82) is 0 Å². The summed E-state index contributed by atoms with van der Waals surface area (Å²) in [4.78, 5) is 13.0. The number of carbonyl (C=O) groups is 1. The van der Waals surface area contributed by atoms with Crippen molar-refractivity contribution < 1.29 is 9.53 Å². The van der Waals surface area contributed by atoms with Crippen LogP contribution in [0.5, 0.6) is 0 Å². The van der Waals surface area contributed by atoms with Crippen LogP contribution in [0.4, 0.5) is 4.79 Å². The van der Waals surface area contributed by atoms with Crippen LogP contribution in [0.25, 0.3) is 0 Å². The highest BCUT2D eigenvalue weighted by Gasteiger charge is 2.19. The topological polar surface area (TPSA) is 29.5 Å². The van der Waals surface area contributed by atoms with Gasteiger partial charge in [0.1, 0.15) is 5.60 Å². The molecule has 0 fully saturated rings. The van der Waals surface area contributed by atoms with Crippen molar-refractivity contribution in [2.45, 2.75) is 54.1 Å². The third-order valence-electron chi connectivity index (χ3n) is 1.42. The molecular formula is C11H25NO2. The van der Waals surface area contributed by atoms with Gasteiger partial charge in [0.2, 0.25) is 0 Å². The van der Waals surface area contributed by atoms with E-state index in [1.54, 1.807) is 4.90 Å². The van der Waals surface area contributed by atoms with Gasteiger partial charge in [-0.3, -0.25) is 0 Å². The highest BCUT2D eigenvalue weighted by atomic mass is 16.6. The van der Waals surface area contributed by atoms with Crippen LogP contribution in [0.2, 0.25) is 0 Å². The van der Waals surface area contributed by atoms with Gasteiger partial charge in [-0.15, -0.1) is 0 Å². The van der Waals surface area contributed by atoms with E-state index in [-0.39, 0.29) is 11.7 Å². The molecule has 0 heterocycles. The van der Waals surface area contributed by atoms with E-state index in [0.717, 1.165) is 0 Å². The lowest BCUT2D eigenvalue weighted by Crippen LogP contribution is -2.36. The van der Waals surface area contributed by atoms with Gasteiger partial charge in [-0.05, 0) is 34.6 Å². The molecule has 0 aliphatic carbocycles. The average molecular weight is 203 g/mol. The molecule has 1 amide bonds. The summed E-state index contributed by atoms with van der Waals surface area (Å²) in [6.07, 6.45) is -0.229. The van der Waals surface area contributed by atoms with Crippen LogP contribution in [0, 0.1) is 0 Å². The van der Waals surface area contributed by atoms with Gasteiger partial charge in [0.15, 0.2) is 0 Å². The van der Waals surface area contributed by atoms with Gasteiger partial charge in [-0.25, -0.2) is 4.79 Å². The zero-order chi connectivity index (χ0) is 11.8. The van der Waals surface area contributed by atoms with E-state index >= 15 is 0 Å². The average Bonchev–Trinajstić information content (AvgIpc) is 2.07. The molecule has 0 radical (unpaired) electrons. The summed E-state index contributed by atoms with van der Waals surface area (Å²) in [6.45, 7) is 14.9. The second-order valence-electron chi connectivity index (χ2n) is 3.65. The quantitative estimate of drug-likeness (QED) is 0.689. The lowest BCUT2D eigenvalue weighted by atomic mass is 10.2. The van der Waals surface area contributed by atoms with Gasteiger partial charge in [-0.2, -0.15) is 0 Å². The Morgan fingerprint density at radius 2 is 1.50 bits per heavy atom. The molecule has 0 aromatic rings. The molecule has 0 unspecified atom stereocenters. The molecule has 0 atom stereocenters. The van der Waals surface area contributed by atoms with E-state index in [0.29, 0.717) is 13.1 Å². The van der Waals surface area contributed by atoms with Crippen LogP contribution in [-0.4, -0.2) is 29.7 Å². The van der Waals surface area contributed by atoms with Crippen molar-refractivity contribution in [3.63, 3.8) is 0 Å². The molecule has 3 nitrogen and oxygen atoms in total. The SMILES string of the molecule is CC.CCN(CC)C(=O)OC(C)(C)C. The van der Waals surface area contributed by atoms with E-state index in [4.69, 9.17) is 4.74 Å². The molecule has 0 rings (SSSR count). The van der Waals surface area contributed by atoms with Gasteiger partial charge in [-0.1, -0.05) is 13.8 Å². The Morgan fingerprint density at radius 3 is 1.71 bits per heavy atom. The van der Waals surface area contributed by atoms with Crippen molar-refractivity contribution >= 4 is 6.09 Å². The minimum absolute atomic E-state index is 0.229. The standard InChI is InChI=1S/C9H19NO2.C2H6/c1-6-10(7-2)8(11)12-9(3,4)5;1-2/h6-7H2,1-5H3;1-2H3. The second-order valence-corrected chi connectivity index (χ2v) is 3.65. The number of hydrogen-bond donors (Lipinski definition) is 0. The predicted octanol–water partition coefficient (Wildman–Crippen LogP) is 3.29. The molecule has 0 saturated carbocycles. The molecule has 0 aliphatic rings. The van der Waals surface area contributed by atoms with E-state index in [2.05, 4.69) is 0 Å². The van der Waals surface area contributed by atoms with Crippen molar-refractivity contribution in [1.82, 2.24) is 4.90 Å². The van der Waals surface area contributed by atoms with Crippen LogP contribution >= 0.6 is 0 Å². The number of ether oxygens (including phenoxy) is 1. The highest BCUT2D eigenvalue weighted by molar-refractivity contribution is 5.67. The largest absolute Gasteiger partial charge is 0.444 e. The highest BCUT2D eigenvalue weighted by Crippen LogP contribution is 2.09. The Balaban J connectivity index is 0. The Kier molecular flexibility index (Phi) is 8.60. The van der Waals surface area contributed by atoms with Crippen LogP contribution in [0.1, 0.15) is 48.5 Å². The van der Waals surface area contributed by atoms with E-state index < -0.39 is 0 Å². The zero-order valence-corrected chi connectivity index (χ0v) is 10.7. The summed E-state index contributed by atoms with van der Waals surface area (Å²) in [5.74, 6) is 0. The fraction of sp³-hybridized carbons (Fsp3) is 0.909. The van der Waals surface area contributed by atoms with Crippen LogP contribution < -0.4 is 0 Å². The fourth-order valence-electron chi connectivity index (χ4n) is 0.808. The number of hydrogen-bond acceptors (Lipinski definition) is 2.